The summed E-state index contributed by atoms with van der Waals surface area (Å²) in [5.41, 5.74) is 2.09. The first-order valence-electron chi connectivity index (χ1n) is 12.8. The fraction of sp³-hybridized carbons (Fsp3) is 0.667. The van der Waals surface area contributed by atoms with Gasteiger partial charge in [0, 0.05) is 31.2 Å². The molecule has 1 aliphatic heterocycles. The van der Waals surface area contributed by atoms with E-state index in [1.165, 1.54) is 5.57 Å². The number of allylic oxidation sites excluding steroid dienone is 1. The van der Waals surface area contributed by atoms with Crippen LogP contribution in [0.5, 0.6) is 5.75 Å². The van der Waals surface area contributed by atoms with E-state index >= 15 is 0 Å². The Bertz CT molecular complexity index is 910. The molecule has 1 aliphatic carbocycles. The van der Waals surface area contributed by atoms with Crippen molar-refractivity contribution in [3.63, 3.8) is 0 Å². The molecule has 1 saturated heterocycles. The lowest BCUT2D eigenvalue weighted by molar-refractivity contribution is -0.00530. The zero-order valence-corrected chi connectivity index (χ0v) is 24.1. The van der Waals surface area contributed by atoms with Crippen LogP contribution in [0.15, 0.2) is 35.9 Å². The Labute approximate surface area is 235 Å². The molecule has 2 fully saturated rings. The summed E-state index contributed by atoms with van der Waals surface area (Å²) in [6.45, 7) is 4.84. The summed E-state index contributed by atoms with van der Waals surface area (Å²) in [5, 5.41) is 20.7. The van der Waals surface area contributed by atoms with Crippen molar-refractivity contribution in [2.24, 2.45) is 0 Å². The molecule has 1 aromatic carbocycles. The Kier molecular flexibility index (Phi) is 10.8. The van der Waals surface area contributed by atoms with Gasteiger partial charge in [-0.1, -0.05) is 52.5 Å². The number of amides is 1. The topological polar surface area (TPSA) is 82.5 Å². The largest absolute Gasteiger partial charge is 0.490 e. The van der Waals surface area contributed by atoms with Gasteiger partial charge in [-0.3, -0.25) is 4.90 Å². The van der Waals surface area contributed by atoms with Gasteiger partial charge in [0.15, 0.2) is 0 Å². The molecule has 1 heterocycles. The van der Waals surface area contributed by atoms with Crippen LogP contribution in [0.4, 0.5) is 4.79 Å². The minimum Gasteiger partial charge on any atom is -0.490 e. The van der Waals surface area contributed by atoms with Crippen LogP contribution in [0, 0.1) is 0 Å². The minimum atomic E-state index is -1.67. The summed E-state index contributed by atoms with van der Waals surface area (Å²) >= 11 is 17.2. The number of carbonyl (C=O) groups excluding carboxylic acids is 1. The molecular weight excluding hydrogens is 539 g/mol. The van der Waals surface area contributed by atoms with Gasteiger partial charge >= 0.3 is 6.09 Å². The van der Waals surface area contributed by atoms with Gasteiger partial charge in [-0.15, -0.1) is 0 Å². The summed E-state index contributed by atoms with van der Waals surface area (Å²) in [6.07, 6.45) is 5.55. The van der Waals surface area contributed by atoms with Crippen molar-refractivity contribution in [2.75, 3.05) is 33.4 Å². The standard InChI is InChI=1S/C27H39Cl3N2O5/c1-19(2)10-13-36-24-6-4-20(5-7-24)14-21(17-33)32-16-22(15-26(32)11-8-23(34)9-12-26)31(3)25(35)37-18-27(28,29)30/h4-7,10,21-23,33-34H,8-9,11-18H2,1-3H3/t21-,22-,23?,26?/m0/s1. The summed E-state index contributed by atoms with van der Waals surface area (Å²) in [5.74, 6) is 0.802. The number of halogens is 3. The van der Waals surface area contributed by atoms with E-state index in [2.05, 4.69) is 4.90 Å². The summed E-state index contributed by atoms with van der Waals surface area (Å²) in [6, 6.07) is 7.71. The number of carbonyl (C=O) groups is 1. The van der Waals surface area contributed by atoms with E-state index in [9.17, 15) is 15.0 Å². The number of aliphatic hydroxyl groups excluding tert-OH is 2. The average Bonchev–Trinajstić information content (AvgIpc) is 3.21. The molecule has 0 unspecified atom stereocenters. The van der Waals surface area contributed by atoms with Gasteiger partial charge < -0.3 is 24.6 Å². The minimum absolute atomic E-state index is 0.0166. The van der Waals surface area contributed by atoms with E-state index in [0.29, 0.717) is 32.4 Å². The molecule has 2 aliphatic rings. The molecular formula is C27H39Cl3N2O5. The fourth-order valence-electron chi connectivity index (χ4n) is 5.43. The van der Waals surface area contributed by atoms with E-state index in [4.69, 9.17) is 44.3 Å². The molecule has 10 heteroatoms. The molecule has 1 saturated carbocycles. The van der Waals surface area contributed by atoms with Crippen molar-refractivity contribution < 1.29 is 24.5 Å². The molecule has 208 valence electrons. The predicted molar refractivity (Wildman–Crippen MR) is 148 cm³/mol. The zero-order valence-electron chi connectivity index (χ0n) is 21.8. The molecule has 0 bridgehead atoms. The second-order valence-electron chi connectivity index (χ2n) is 10.5. The lowest BCUT2D eigenvalue weighted by atomic mass is 9.77. The molecule has 1 aromatic rings. The van der Waals surface area contributed by atoms with Crippen molar-refractivity contribution in [3.8, 4) is 5.75 Å². The Morgan fingerprint density at radius 2 is 1.89 bits per heavy atom. The van der Waals surface area contributed by atoms with Crippen LogP contribution < -0.4 is 4.74 Å². The van der Waals surface area contributed by atoms with Crippen molar-refractivity contribution >= 4 is 40.9 Å². The molecule has 0 radical (unpaired) electrons. The Hall–Kier alpha value is -1.22. The van der Waals surface area contributed by atoms with Crippen LogP contribution in [-0.4, -0.2) is 87.0 Å². The zero-order chi connectivity index (χ0) is 27.2. The van der Waals surface area contributed by atoms with Crippen LogP contribution in [-0.2, 0) is 11.2 Å². The third-order valence-corrected chi connectivity index (χ3v) is 7.83. The Morgan fingerprint density at radius 1 is 1.24 bits per heavy atom. The SMILES string of the molecule is CC(C)=CCOc1ccc(C[C@@H](CO)N2C[C@@H](N(C)C(=O)OCC(Cl)(Cl)Cl)CC23CCC(O)CC3)cc1. The average molecular weight is 578 g/mol. The van der Waals surface area contributed by atoms with Gasteiger partial charge in [0.25, 0.3) is 0 Å². The van der Waals surface area contributed by atoms with E-state index in [1.807, 2.05) is 44.2 Å². The first-order chi connectivity index (χ1) is 17.4. The highest BCUT2D eigenvalue weighted by molar-refractivity contribution is 6.67. The predicted octanol–water partition coefficient (Wildman–Crippen LogP) is 5.12. The number of alkyl halides is 3. The number of likely N-dealkylation sites (N-methyl/N-ethyl adjacent to an activating group) is 1. The fourth-order valence-corrected chi connectivity index (χ4v) is 5.60. The lowest BCUT2D eigenvalue weighted by Crippen LogP contribution is -2.53. The van der Waals surface area contributed by atoms with Crippen LogP contribution in [0.25, 0.3) is 0 Å². The van der Waals surface area contributed by atoms with Crippen molar-refractivity contribution in [1.82, 2.24) is 9.80 Å². The number of aliphatic hydroxyl groups is 2. The summed E-state index contributed by atoms with van der Waals surface area (Å²) in [7, 11) is 1.70. The highest BCUT2D eigenvalue weighted by atomic mass is 35.6. The monoisotopic (exact) mass is 576 g/mol. The Morgan fingerprint density at radius 3 is 2.46 bits per heavy atom. The van der Waals surface area contributed by atoms with Crippen LogP contribution >= 0.6 is 34.8 Å². The number of ether oxygens (including phenoxy) is 2. The number of nitrogens with zero attached hydrogens (tertiary/aromatic N) is 2. The highest BCUT2D eigenvalue weighted by Gasteiger charge is 2.51. The van der Waals surface area contributed by atoms with Crippen LogP contribution in [0.3, 0.4) is 0 Å². The van der Waals surface area contributed by atoms with Crippen molar-refractivity contribution in [3.05, 3.63) is 41.5 Å². The van der Waals surface area contributed by atoms with Crippen LogP contribution in [0.2, 0.25) is 0 Å². The van der Waals surface area contributed by atoms with Gasteiger partial charge in [-0.05, 0) is 76.1 Å². The van der Waals surface area contributed by atoms with Gasteiger partial charge in [0.2, 0.25) is 3.79 Å². The summed E-state index contributed by atoms with van der Waals surface area (Å²) < 4.78 is 9.31. The lowest BCUT2D eigenvalue weighted by Gasteiger charge is -2.46. The van der Waals surface area contributed by atoms with Crippen LogP contribution in [0.1, 0.15) is 51.5 Å². The summed E-state index contributed by atoms with van der Waals surface area (Å²) in [4.78, 5) is 16.6. The second-order valence-corrected chi connectivity index (χ2v) is 13.0. The molecule has 2 atom stereocenters. The molecule has 1 spiro atoms. The maximum absolute atomic E-state index is 12.7. The van der Waals surface area contributed by atoms with Gasteiger partial charge in [0.05, 0.1) is 12.7 Å². The highest BCUT2D eigenvalue weighted by Crippen LogP contribution is 2.44. The second kappa shape index (κ2) is 13.2. The van der Waals surface area contributed by atoms with E-state index in [1.54, 1.807) is 11.9 Å². The maximum atomic E-state index is 12.7. The number of benzene rings is 1. The third-order valence-electron chi connectivity index (χ3n) is 7.50. The van der Waals surface area contributed by atoms with E-state index < -0.39 is 9.89 Å². The molecule has 2 N–H and O–H groups in total. The molecule has 7 nitrogen and oxygen atoms in total. The van der Waals surface area contributed by atoms with Crippen molar-refractivity contribution in [2.45, 2.75) is 79.9 Å². The van der Waals surface area contributed by atoms with Crippen molar-refractivity contribution in [1.29, 1.82) is 0 Å². The molecule has 37 heavy (non-hydrogen) atoms. The first-order valence-corrected chi connectivity index (χ1v) is 13.9. The van der Waals surface area contributed by atoms with Gasteiger partial charge in [-0.25, -0.2) is 4.79 Å². The van der Waals surface area contributed by atoms with E-state index in [-0.39, 0.29) is 36.9 Å². The molecule has 3 rings (SSSR count). The number of hydrogen-bond acceptors (Lipinski definition) is 6. The van der Waals surface area contributed by atoms with Gasteiger partial charge in [-0.2, -0.15) is 0 Å². The van der Waals surface area contributed by atoms with E-state index in [0.717, 1.165) is 30.6 Å². The number of rotatable bonds is 9. The molecule has 1 amide bonds. The quantitative estimate of drug-likeness (QED) is 0.313. The molecule has 0 aromatic heterocycles. The number of hydrogen-bond donors (Lipinski definition) is 2. The first kappa shape index (κ1) is 30.3. The third kappa shape index (κ3) is 8.64. The smallest absolute Gasteiger partial charge is 0.409 e. The number of likely N-dealkylation sites (tertiary alicyclic amines) is 1. The normalized spacial score (nSPS) is 25.1. The Balaban J connectivity index is 1.72. The maximum Gasteiger partial charge on any atom is 0.409 e. The van der Waals surface area contributed by atoms with Gasteiger partial charge in [0.1, 0.15) is 19.0 Å².